The van der Waals surface area contributed by atoms with Gasteiger partial charge in [0.15, 0.2) is 5.76 Å². The summed E-state index contributed by atoms with van der Waals surface area (Å²) < 4.78 is 18.1. The molecule has 1 amide bonds. The van der Waals surface area contributed by atoms with Gasteiger partial charge in [-0.3, -0.25) is 9.00 Å². The Morgan fingerprint density at radius 2 is 1.77 bits per heavy atom. The molecule has 0 saturated heterocycles. The first-order valence-electron chi connectivity index (χ1n) is 10.8. The van der Waals surface area contributed by atoms with Crippen molar-refractivity contribution in [1.29, 1.82) is 0 Å². The molecular formula is C23H33ClN2O3S. The van der Waals surface area contributed by atoms with Crippen molar-refractivity contribution >= 4 is 28.3 Å². The highest BCUT2D eigenvalue weighted by Crippen LogP contribution is 2.18. The number of halogens is 1. The number of furan rings is 1. The molecule has 0 saturated carbocycles. The highest BCUT2D eigenvalue weighted by Gasteiger charge is 2.14. The zero-order chi connectivity index (χ0) is 21.8. The van der Waals surface area contributed by atoms with E-state index in [1.165, 1.54) is 25.7 Å². The van der Waals surface area contributed by atoms with Crippen molar-refractivity contribution in [2.24, 2.45) is 0 Å². The second kappa shape index (κ2) is 13.6. The van der Waals surface area contributed by atoms with Crippen LogP contribution in [0, 0.1) is 0 Å². The van der Waals surface area contributed by atoms with Crippen LogP contribution in [0.4, 0.5) is 0 Å². The van der Waals surface area contributed by atoms with Crippen LogP contribution in [0.1, 0.15) is 62.3 Å². The second-order valence-corrected chi connectivity index (χ2v) is 9.26. The van der Waals surface area contributed by atoms with Gasteiger partial charge < -0.3 is 14.6 Å². The van der Waals surface area contributed by atoms with Crippen molar-refractivity contribution in [2.45, 2.75) is 56.6 Å². The van der Waals surface area contributed by atoms with Gasteiger partial charge in [0.2, 0.25) is 0 Å². The average molecular weight is 453 g/mol. The zero-order valence-electron chi connectivity index (χ0n) is 18.0. The maximum absolute atomic E-state index is 12.5. The van der Waals surface area contributed by atoms with E-state index in [2.05, 4.69) is 24.1 Å². The number of nitrogens with one attached hydrogen (secondary N) is 1. The fraction of sp³-hybridized carbons (Fsp3) is 0.522. The van der Waals surface area contributed by atoms with Crippen molar-refractivity contribution in [2.75, 3.05) is 26.2 Å². The Balaban J connectivity index is 1.77. The minimum absolute atomic E-state index is 0.206. The van der Waals surface area contributed by atoms with Gasteiger partial charge >= 0.3 is 0 Å². The van der Waals surface area contributed by atoms with Gasteiger partial charge in [-0.1, -0.05) is 44.4 Å². The van der Waals surface area contributed by atoms with E-state index in [9.17, 15) is 9.00 Å². The summed E-state index contributed by atoms with van der Waals surface area (Å²) in [6, 6.07) is 10.3. The molecular weight excluding hydrogens is 420 g/mol. The van der Waals surface area contributed by atoms with Crippen LogP contribution >= 0.6 is 11.6 Å². The molecule has 0 radical (unpaired) electrons. The highest BCUT2D eigenvalue weighted by molar-refractivity contribution is 7.84. The zero-order valence-corrected chi connectivity index (χ0v) is 19.6. The summed E-state index contributed by atoms with van der Waals surface area (Å²) in [5, 5.41) is 3.46. The van der Waals surface area contributed by atoms with E-state index in [-0.39, 0.29) is 17.4 Å². The standard InChI is InChI=1S/C23H33ClN2O3S/c1-3-5-14-26(15-6-4-2)16-8-13-25-23(27)22-12-11-20(29-22)18-30(28)21-10-7-9-19(24)17-21/h7,9-12,17H,3-6,8,13-16,18H2,1-2H3,(H,25,27)/t30-/m1/s1. The predicted molar refractivity (Wildman–Crippen MR) is 123 cm³/mol. The fourth-order valence-electron chi connectivity index (χ4n) is 3.09. The molecule has 0 spiro atoms. The number of benzene rings is 1. The lowest BCUT2D eigenvalue weighted by molar-refractivity contribution is 0.0922. The van der Waals surface area contributed by atoms with E-state index < -0.39 is 10.8 Å². The Kier molecular flexibility index (Phi) is 11.2. The van der Waals surface area contributed by atoms with Crippen molar-refractivity contribution in [1.82, 2.24) is 10.2 Å². The number of rotatable bonds is 14. The number of hydrogen-bond acceptors (Lipinski definition) is 4. The molecule has 166 valence electrons. The first-order chi connectivity index (χ1) is 14.5. The van der Waals surface area contributed by atoms with E-state index in [0.29, 0.717) is 22.2 Å². The third-order valence-electron chi connectivity index (χ3n) is 4.81. The van der Waals surface area contributed by atoms with Gasteiger partial charge in [0.25, 0.3) is 5.91 Å². The first-order valence-corrected chi connectivity index (χ1v) is 12.5. The summed E-state index contributed by atoms with van der Waals surface area (Å²) in [7, 11) is -1.28. The first kappa shape index (κ1) is 24.6. The molecule has 1 heterocycles. The molecule has 5 nitrogen and oxygen atoms in total. The topological polar surface area (TPSA) is 62.6 Å². The molecule has 1 N–H and O–H groups in total. The minimum Gasteiger partial charge on any atom is -0.455 e. The van der Waals surface area contributed by atoms with E-state index in [4.69, 9.17) is 16.0 Å². The van der Waals surface area contributed by atoms with Gasteiger partial charge in [0.05, 0.1) is 16.6 Å². The van der Waals surface area contributed by atoms with Crippen LogP contribution in [-0.2, 0) is 16.6 Å². The molecule has 0 aliphatic rings. The van der Waals surface area contributed by atoms with Crippen LogP contribution in [0.3, 0.4) is 0 Å². The lowest BCUT2D eigenvalue weighted by Crippen LogP contribution is -2.31. The maximum atomic E-state index is 12.5. The average Bonchev–Trinajstić information content (AvgIpc) is 3.21. The summed E-state index contributed by atoms with van der Waals surface area (Å²) in [5.41, 5.74) is 0. The van der Waals surface area contributed by atoms with Crippen LogP contribution in [0.2, 0.25) is 5.02 Å². The van der Waals surface area contributed by atoms with Crippen molar-refractivity contribution in [3.05, 3.63) is 52.9 Å². The Bertz CT molecular complexity index is 801. The lowest BCUT2D eigenvalue weighted by Gasteiger charge is -2.21. The lowest BCUT2D eigenvalue weighted by atomic mass is 10.2. The van der Waals surface area contributed by atoms with Gasteiger partial charge in [-0.2, -0.15) is 0 Å². The Morgan fingerprint density at radius 3 is 2.43 bits per heavy atom. The maximum Gasteiger partial charge on any atom is 0.286 e. The van der Waals surface area contributed by atoms with Crippen LogP contribution < -0.4 is 5.32 Å². The summed E-state index contributed by atoms with van der Waals surface area (Å²) in [6.45, 7) is 8.26. The summed E-state index contributed by atoms with van der Waals surface area (Å²) in [5.74, 6) is 0.742. The van der Waals surface area contributed by atoms with Crippen LogP contribution in [-0.4, -0.2) is 41.2 Å². The molecule has 0 fully saturated rings. The normalized spacial score (nSPS) is 12.3. The molecule has 30 heavy (non-hydrogen) atoms. The number of nitrogens with zero attached hydrogens (tertiary/aromatic N) is 1. The number of hydrogen-bond donors (Lipinski definition) is 1. The summed E-state index contributed by atoms with van der Waals surface area (Å²) in [4.78, 5) is 15.5. The molecule has 1 atom stereocenters. The van der Waals surface area contributed by atoms with Crippen LogP contribution in [0.15, 0.2) is 45.7 Å². The van der Waals surface area contributed by atoms with Gasteiger partial charge in [-0.05, 0) is 69.2 Å². The predicted octanol–water partition coefficient (Wildman–Crippen LogP) is 5.26. The highest BCUT2D eigenvalue weighted by atomic mass is 35.5. The molecule has 2 rings (SSSR count). The Morgan fingerprint density at radius 1 is 1.07 bits per heavy atom. The molecule has 0 aliphatic carbocycles. The largest absolute Gasteiger partial charge is 0.455 e. The smallest absolute Gasteiger partial charge is 0.286 e. The van der Waals surface area contributed by atoms with Crippen LogP contribution in [0.25, 0.3) is 0 Å². The molecule has 1 aromatic heterocycles. The Labute approximate surface area is 187 Å². The van der Waals surface area contributed by atoms with Gasteiger partial charge in [-0.25, -0.2) is 0 Å². The molecule has 0 aliphatic heterocycles. The van der Waals surface area contributed by atoms with E-state index in [0.717, 1.165) is 26.1 Å². The Hall–Kier alpha value is -1.63. The van der Waals surface area contributed by atoms with Gasteiger partial charge in [-0.15, -0.1) is 0 Å². The molecule has 7 heteroatoms. The molecule has 0 unspecified atom stereocenters. The molecule has 0 bridgehead atoms. The van der Waals surface area contributed by atoms with E-state index in [1.54, 1.807) is 36.4 Å². The monoisotopic (exact) mass is 452 g/mol. The van der Waals surface area contributed by atoms with E-state index in [1.807, 2.05) is 0 Å². The third-order valence-corrected chi connectivity index (χ3v) is 6.37. The molecule has 2 aromatic rings. The molecule has 1 aromatic carbocycles. The van der Waals surface area contributed by atoms with Gasteiger partial charge in [0, 0.05) is 16.5 Å². The van der Waals surface area contributed by atoms with Crippen molar-refractivity contribution in [3.8, 4) is 0 Å². The second-order valence-electron chi connectivity index (χ2n) is 7.37. The van der Waals surface area contributed by atoms with Gasteiger partial charge in [0.1, 0.15) is 5.76 Å². The number of amides is 1. The fourth-order valence-corrected chi connectivity index (χ4v) is 4.41. The minimum atomic E-state index is -1.28. The number of unbranched alkanes of at least 4 members (excludes halogenated alkanes) is 2. The van der Waals surface area contributed by atoms with Crippen molar-refractivity contribution in [3.63, 3.8) is 0 Å². The van der Waals surface area contributed by atoms with Crippen LogP contribution in [0.5, 0.6) is 0 Å². The third kappa shape index (κ3) is 8.62. The quantitative estimate of drug-likeness (QED) is 0.397. The summed E-state index contributed by atoms with van der Waals surface area (Å²) in [6.07, 6.45) is 5.72. The van der Waals surface area contributed by atoms with Crippen molar-refractivity contribution < 1.29 is 13.4 Å². The SMILES string of the molecule is CCCCN(CCCC)CCCNC(=O)c1ccc(C[S@@](=O)c2cccc(Cl)c2)o1. The number of carbonyl (C=O) groups excluding carboxylic acids is 1. The summed E-state index contributed by atoms with van der Waals surface area (Å²) >= 11 is 5.95. The number of carbonyl (C=O) groups is 1. The van der Waals surface area contributed by atoms with E-state index >= 15 is 0 Å².